The predicted molar refractivity (Wildman–Crippen MR) is 75.3 cm³/mol. The second kappa shape index (κ2) is 5.96. The predicted octanol–water partition coefficient (Wildman–Crippen LogP) is 3.50. The monoisotopic (exact) mass is 274 g/mol. The van der Waals surface area contributed by atoms with Crippen LogP contribution in [-0.2, 0) is 13.0 Å². The molecule has 1 N–H and O–H groups in total. The molecule has 1 atom stereocenters. The summed E-state index contributed by atoms with van der Waals surface area (Å²) in [5.74, 6) is -0.268. The molecule has 0 saturated heterocycles. The number of rotatable bonds is 5. The fraction of sp³-hybridized carbons (Fsp3) is 0.267. The average Bonchev–Trinajstić information content (AvgIpc) is 2.90. The molecule has 0 bridgehead atoms. The normalized spacial score (nSPS) is 13.7. The van der Waals surface area contributed by atoms with E-state index in [1.165, 1.54) is 17.0 Å². The molecule has 2 aromatic rings. The van der Waals surface area contributed by atoms with Gasteiger partial charge in [-0.3, -0.25) is 5.32 Å². The lowest BCUT2D eigenvalue weighted by molar-refractivity contribution is 0.444. The van der Waals surface area contributed by atoms with E-state index in [-0.39, 0.29) is 5.82 Å². The lowest BCUT2D eigenvalue weighted by atomic mass is 9.94. The van der Waals surface area contributed by atoms with Gasteiger partial charge in [-0.2, -0.15) is 5.26 Å². The quantitative estimate of drug-likeness (QED) is 0.905. The molecule has 0 aliphatic heterocycles. The zero-order valence-corrected chi connectivity index (χ0v) is 11.5. The minimum absolute atomic E-state index is 0.268. The van der Waals surface area contributed by atoms with Crippen molar-refractivity contribution in [1.82, 2.24) is 5.32 Å². The Kier molecular flexibility index (Phi) is 4.31. The summed E-state index contributed by atoms with van der Waals surface area (Å²) in [5, 5.41) is 14.6. The minimum atomic E-state index is -0.697. The van der Waals surface area contributed by atoms with Gasteiger partial charge in [0, 0.05) is 17.8 Å². The van der Waals surface area contributed by atoms with Crippen LogP contribution < -0.4 is 5.32 Å². The van der Waals surface area contributed by atoms with E-state index in [0.717, 1.165) is 5.56 Å². The third-order valence-electron chi connectivity index (χ3n) is 2.93. The van der Waals surface area contributed by atoms with Crippen LogP contribution in [0.2, 0.25) is 0 Å². The van der Waals surface area contributed by atoms with Gasteiger partial charge in [0.25, 0.3) is 0 Å². The van der Waals surface area contributed by atoms with Gasteiger partial charge in [-0.25, -0.2) is 4.39 Å². The first-order valence-corrected chi connectivity index (χ1v) is 6.92. The highest BCUT2D eigenvalue weighted by molar-refractivity contribution is 7.09. The van der Waals surface area contributed by atoms with Gasteiger partial charge < -0.3 is 0 Å². The Morgan fingerprint density at radius 3 is 2.84 bits per heavy atom. The Balaban J connectivity index is 2.03. The van der Waals surface area contributed by atoms with Crippen LogP contribution in [0.4, 0.5) is 4.39 Å². The number of nitrogens with zero attached hydrogens (tertiary/aromatic N) is 1. The zero-order chi connectivity index (χ0) is 13.7. The third kappa shape index (κ3) is 3.88. The molecule has 1 unspecified atom stereocenters. The number of nitriles is 1. The molecule has 98 valence electrons. The van der Waals surface area contributed by atoms with E-state index in [1.807, 2.05) is 30.5 Å². The van der Waals surface area contributed by atoms with Gasteiger partial charge in [-0.15, -0.1) is 11.3 Å². The second-order valence-corrected chi connectivity index (χ2v) is 5.72. The van der Waals surface area contributed by atoms with Crippen LogP contribution in [0, 0.1) is 17.1 Å². The number of thiophene rings is 1. The number of hydrogen-bond donors (Lipinski definition) is 1. The zero-order valence-electron chi connectivity index (χ0n) is 10.7. The molecule has 1 aromatic carbocycles. The van der Waals surface area contributed by atoms with Gasteiger partial charge >= 0.3 is 0 Å². The molecule has 0 amide bonds. The van der Waals surface area contributed by atoms with Gasteiger partial charge in [0.15, 0.2) is 0 Å². The van der Waals surface area contributed by atoms with Gasteiger partial charge in [0.2, 0.25) is 0 Å². The smallest absolute Gasteiger partial charge is 0.123 e. The van der Waals surface area contributed by atoms with Crippen molar-refractivity contribution < 1.29 is 4.39 Å². The molecule has 1 aromatic heterocycles. The molecule has 0 saturated carbocycles. The van der Waals surface area contributed by atoms with Crippen molar-refractivity contribution >= 4 is 11.3 Å². The Bertz CT molecular complexity index is 574. The summed E-state index contributed by atoms with van der Waals surface area (Å²) in [6.45, 7) is 2.49. The summed E-state index contributed by atoms with van der Waals surface area (Å²) >= 11 is 1.65. The number of halogens is 1. The lowest BCUT2D eigenvalue weighted by Gasteiger charge is -2.23. The molecule has 0 radical (unpaired) electrons. The van der Waals surface area contributed by atoms with E-state index in [4.69, 9.17) is 0 Å². The maximum absolute atomic E-state index is 13.2. The maximum Gasteiger partial charge on any atom is 0.123 e. The highest BCUT2D eigenvalue weighted by Crippen LogP contribution is 2.16. The largest absolute Gasteiger partial charge is 0.294 e. The SMILES string of the molecule is CC(C#N)(Cc1cccc(F)c1)NCc1cccs1. The molecule has 0 fully saturated rings. The molecular formula is C15H15FN2S. The first kappa shape index (κ1) is 13.7. The molecule has 4 heteroatoms. The summed E-state index contributed by atoms with van der Waals surface area (Å²) in [6, 6.07) is 12.7. The first-order valence-electron chi connectivity index (χ1n) is 6.04. The molecule has 1 heterocycles. The third-order valence-corrected chi connectivity index (χ3v) is 3.80. The van der Waals surface area contributed by atoms with E-state index in [0.29, 0.717) is 13.0 Å². The van der Waals surface area contributed by atoms with Crippen molar-refractivity contribution in [2.45, 2.75) is 25.4 Å². The minimum Gasteiger partial charge on any atom is -0.294 e. The van der Waals surface area contributed by atoms with E-state index in [9.17, 15) is 9.65 Å². The van der Waals surface area contributed by atoms with E-state index in [1.54, 1.807) is 17.4 Å². The van der Waals surface area contributed by atoms with Crippen LogP contribution in [0.15, 0.2) is 41.8 Å². The van der Waals surface area contributed by atoms with Crippen molar-refractivity contribution in [2.24, 2.45) is 0 Å². The van der Waals surface area contributed by atoms with Crippen LogP contribution in [0.25, 0.3) is 0 Å². The van der Waals surface area contributed by atoms with Crippen LogP contribution in [0.5, 0.6) is 0 Å². The number of benzene rings is 1. The second-order valence-electron chi connectivity index (χ2n) is 4.68. The Morgan fingerprint density at radius 1 is 1.37 bits per heavy atom. The standard InChI is InChI=1S/C15H15FN2S/c1-15(11-17,18-10-14-6-3-7-19-14)9-12-4-2-5-13(16)8-12/h2-8,18H,9-10H2,1H3. The number of hydrogen-bond acceptors (Lipinski definition) is 3. The molecule has 0 aliphatic rings. The number of nitrogens with one attached hydrogen (secondary N) is 1. The van der Waals surface area contributed by atoms with Crippen molar-refractivity contribution in [3.63, 3.8) is 0 Å². The molecule has 2 rings (SSSR count). The Morgan fingerprint density at radius 2 is 2.21 bits per heavy atom. The molecule has 0 aliphatic carbocycles. The van der Waals surface area contributed by atoms with E-state index >= 15 is 0 Å². The Hall–Kier alpha value is -1.70. The van der Waals surface area contributed by atoms with E-state index < -0.39 is 5.54 Å². The van der Waals surface area contributed by atoms with Crippen LogP contribution in [0.1, 0.15) is 17.4 Å². The summed E-state index contributed by atoms with van der Waals surface area (Å²) in [6.07, 6.45) is 0.479. The molecule has 2 nitrogen and oxygen atoms in total. The molecular weight excluding hydrogens is 259 g/mol. The van der Waals surface area contributed by atoms with Crippen molar-refractivity contribution in [2.75, 3.05) is 0 Å². The fourth-order valence-corrected chi connectivity index (χ4v) is 2.54. The van der Waals surface area contributed by atoms with Gasteiger partial charge in [-0.05, 0) is 36.1 Å². The summed E-state index contributed by atoms with van der Waals surface area (Å²) < 4.78 is 13.2. The fourth-order valence-electron chi connectivity index (χ4n) is 1.89. The van der Waals surface area contributed by atoms with Gasteiger partial charge in [0.05, 0.1) is 6.07 Å². The topological polar surface area (TPSA) is 35.8 Å². The highest BCUT2D eigenvalue weighted by atomic mass is 32.1. The molecule has 19 heavy (non-hydrogen) atoms. The first-order chi connectivity index (χ1) is 9.11. The van der Waals surface area contributed by atoms with Crippen molar-refractivity contribution in [3.05, 3.63) is 58.0 Å². The average molecular weight is 274 g/mol. The van der Waals surface area contributed by atoms with Crippen molar-refractivity contribution in [1.29, 1.82) is 5.26 Å². The summed E-state index contributed by atoms with van der Waals surface area (Å²) in [4.78, 5) is 1.18. The van der Waals surface area contributed by atoms with Crippen LogP contribution in [0.3, 0.4) is 0 Å². The Labute approximate surface area is 116 Å². The van der Waals surface area contributed by atoms with Crippen LogP contribution >= 0.6 is 11.3 Å². The van der Waals surface area contributed by atoms with Gasteiger partial charge in [0.1, 0.15) is 11.4 Å². The lowest BCUT2D eigenvalue weighted by Crippen LogP contribution is -2.42. The van der Waals surface area contributed by atoms with Crippen LogP contribution in [-0.4, -0.2) is 5.54 Å². The maximum atomic E-state index is 13.2. The van der Waals surface area contributed by atoms with Gasteiger partial charge in [-0.1, -0.05) is 18.2 Å². The summed E-state index contributed by atoms with van der Waals surface area (Å²) in [7, 11) is 0. The summed E-state index contributed by atoms with van der Waals surface area (Å²) in [5.41, 5.74) is 0.125. The molecule has 0 spiro atoms. The highest BCUT2D eigenvalue weighted by Gasteiger charge is 2.23. The van der Waals surface area contributed by atoms with E-state index in [2.05, 4.69) is 11.4 Å². The van der Waals surface area contributed by atoms with Crippen molar-refractivity contribution in [3.8, 4) is 6.07 Å².